The SMILES string of the molecule is CC(CO)(NC(=O)CC1(NC(=O)OCC2c3ccccc3-c3ccccc32)CCCC1)C(=O)O. The Morgan fingerprint density at radius 1 is 1.03 bits per heavy atom. The number of hydrogen-bond donors (Lipinski definition) is 4. The van der Waals surface area contributed by atoms with E-state index in [0.717, 1.165) is 35.1 Å². The lowest BCUT2D eigenvalue weighted by Gasteiger charge is -2.31. The minimum Gasteiger partial charge on any atom is -0.479 e. The Balaban J connectivity index is 1.41. The largest absolute Gasteiger partial charge is 0.479 e. The molecule has 2 aliphatic carbocycles. The van der Waals surface area contributed by atoms with Crippen molar-refractivity contribution >= 4 is 18.0 Å². The van der Waals surface area contributed by atoms with Gasteiger partial charge in [0, 0.05) is 12.3 Å². The average molecular weight is 467 g/mol. The van der Waals surface area contributed by atoms with Crippen molar-refractivity contribution in [2.24, 2.45) is 0 Å². The molecule has 2 aromatic rings. The van der Waals surface area contributed by atoms with Gasteiger partial charge in [-0.15, -0.1) is 0 Å². The van der Waals surface area contributed by atoms with Crippen LogP contribution in [0.1, 0.15) is 56.1 Å². The van der Waals surface area contributed by atoms with Gasteiger partial charge in [0.25, 0.3) is 0 Å². The van der Waals surface area contributed by atoms with Crippen molar-refractivity contribution in [1.29, 1.82) is 0 Å². The number of fused-ring (bicyclic) bond motifs is 3. The fourth-order valence-corrected chi connectivity index (χ4v) is 5.07. The molecule has 1 fully saturated rings. The molecule has 180 valence electrons. The standard InChI is InChI=1S/C26H30N2O6/c1-25(16-29,23(31)32)27-22(30)14-26(12-6-7-13-26)28-24(33)34-15-21-19-10-4-2-8-17(19)18-9-3-5-11-20(18)21/h2-5,8-11,21,29H,6-7,12-16H2,1H3,(H,27,30)(H,28,33)(H,31,32). The van der Waals surface area contributed by atoms with Gasteiger partial charge in [-0.25, -0.2) is 9.59 Å². The van der Waals surface area contributed by atoms with E-state index in [1.165, 1.54) is 6.92 Å². The number of carboxylic acid groups (broad SMARTS) is 1. The highest BCUT2D eigenvalue weighted by molar-refractivity contribution is 5.87. The Morgan fingerprint density at radius 3 is 2.12 bits per heavy atom. The molecule has 0 spiro atoms. The maximum atomic E-state index is 12.8. The number of aliphatic carboxylic acids is 1. The summed E-state index contributed by atoms with van der Waals surface area (Å²) in [7, 11) is 0. The number of hydrogen-bond acceptors (Lipinski definition) is 5. The third kappa shape index (κ3) is 4.63. The minimum atomic E-state index is -1.78. The molecule has 2 aromatic carbocycles. The summed E-state index contributed by atoms with van der Waals surface area (Å²) in [6, 6.07) is 16.2. The molecule has 2 aliphatic rings. The van der Waals surface area contributed by atoms with Gasteiger partial charge in [0.1, 0.15) is 6.61 Å². The molecule has 1 unspecified atom stereocenters. The van der Waals surface area contributed by atoms with Gasteiger partial charge in [-0.1, -0.05) is 61.4 Å². The second-order valence-corrected chi connectivity index (χ2v) is 9.46. The van der Waals surface area contributed by atoms with Crippen LogP contribution in [0.25, 0.3) is 11.1 Å². The van der Waals surface area contributed by atoms with Crippen LogP contribution >= 0.6 is 0 Å². The van der Waals surface area contributed by atoms with E-state index in [0.29, 0.717) is 12.8 Å². The summed E-state index contributed by atoms with van der Waals surface area (Å²) in [6.07, 6.45) is 2.18. The molecule has 4 rings (SSSR count). The summed E-state index contributed by atoms with van der Waals surface area (Å²) in [6.45, 7) is 0.679. The van der Waals surface area contributed by atoms with Crippen molar-refractivity contribution in [1.82, 2.24) is 10.6 Å². The number of amides is 2. The highest BCUT2D eigenvalue weighted by Crippen LogP contribution is 2.44. The smallest absolute Gasteiger partial charge is 0.407 e. The molecule has 1 saturated carbocycles. The van der Waals surface area contributed by atoms with Crippen LogP contribution in [0.2, 0.25) is 0 Å². The van der Waals surface area contributed by atoms with E-state index in [4.69, 9.17) is 4.74 Å². The van der Waals surface area contributed by atoms with E-state index in [-0.39, 0.29) is 18.9 Å². The minimum absolute atomic E-state index is 0.0678. The Labute approximate surface area is 198 Å². The predicted molar refractivity (Wildman–Crippen MR) is 125 cm³/mol. The summed E-state index contributed by atoms with van der Waals surface area (Å²) in [4.78, 5) is 36.8. The molecule has 0 bridgehead atoms. The molecule has 8 heteroatoms. The van der Waals surface area contributed by atoms with E-state index in [1.807, 2.05) is 36.4 Å². The summed E-state index contributed by atoms with van der Waals surface area (Å²) >= 11 is 0. The number of benzene rings is 2. The first-order valence-corrected chi connectivity index (χ1v) is 11.6. The third-order valence-corrected chi connectivity index (χ3v) is 6.97. The summed E-state index contributed by atoms with van der Waals surface area (Å²) in [5, 5.41) is 24.0. The zero-order chi connectivity index (χ0) is 24.3. The van der Waals surface area contributed by atoms with Crippen LogP contribution in [0.15, 0.2) is 48.5 Å². The molecule has 34 heavy (non-hydrogen) atoms. The number of ether oxygens (including phenoxy) is 1. The molecular weight excluding hydrogens is 436 g/mol. The van der Waals surface area contributed by atoms with E-state index in [1.54, 1.807) is 0 Å². The van der Waals surface area contributed by atoms with Gasteiger partial charge in [-0.3, -0.25) is 4.79 Å². The Kier molecular flexibility index (Phi) is 6.61. The number of carbonyl (C=O) groups is 3. The highest BCUT2D eigenvalue weighted by Gasteiger charge is 2.41. The molecule has 1 atom stereocenters. The van der Waals surface area contributed by atoms with Gasteiger partial charge in [-0.2, -0.15) is 0 Å². The number of carboxylic acids is 1. The van der Waals surface area contributed by atoms with E-state index < -0.39 is 35.7 Å². The van der Waals surface area contributed by atoms with Crippen LogP contribution in [0, 0.1) is 0 Å². The van der Waals surface area contributed by atoms with Crippen LogP contribution in [0.5, 0.6) is 0 Å². The Hall–Kier alpha value is -3.39. The molecular formula is C26H30N2O6. The van der Waals surface area contributed by atoms with Gasteiger partial charge in [0.05, 0.1) is 12.1 Å². The molecule has 0 aromatic heterocycles. The Morgan fingerprint density at radius 2 is 1.59 bits per heavy atom. The maximum Gasteiger partial charge on any atom is 0.407 e. The van der Waals surface area contributed by atoms with Crippen LogP contribution in [0.4, 0.5) is 4.79 Å². The number of carbonyl (C=O) groups excluding carboxylic acids is 2. The molecule has 8 nitrogen and oxygen atoms in total. The predicted octanol–water partition coefficient (Wildman–Crippen LogP) is 3.18. The van der Waals surface area contributed by atoms with Crippen molar-refractivity contribution in [3.63, 3.8) is 0 Å². The molecule has 0 saturated heterocycles. The number of aliphatic hydroxyl groups is 1. The van der Waals surface area contributed by atoms with E-state index >= 15 is 0 Å². The van der Waals surface area contributed by atoms with E-state index in [9.17, 15) is 24.6 Å². The van der Waals surface area contributed by atoms with Crippen molar-refractivity contribution in [3.8, 4) is 11.1 Å². The van der Waals surface area contributed by atoms with Gasteiger partial charge in [0.15, 0.2) is 5.54 Å². The van der Waals surface area contributed by atoms with Gasteiger partial charge < -0.3 is 25.6 Å². The fraction of sp³-hybridized carbons (Fsp3) is 0.423. The van der Waals surface area contributed by atoms with Crippen LogP contribution < -0.4 is 10.6 Å². The van der Waals surface area contributed by atoms with Crippen LogP contribution in [-0.4, -0.2) is 52.5 Å². The number of nitrogens with one attached hydrogen (secondary N) is 2. The van der Waals surface area contributed by atoms with Crippen LogP contribution in [-0.2, 0) is 14.3 Å². The van der Waals surface area contributed by atoms with Crippen molar-refractivity contribution in [2.45, 2.75) is 56.0 Å². The van der Waals surface area contributed by atoms with Crippen molar-refractivity contribution in [2.75, 3.05) is 13.2 Å². The highest BCUT2D eigenvalue weighted by atomic mass is 16.5. The van der Waals surface area contributed by atoms with Crippen LogP contribution in [0.3, 0.4) is 0 Å². The molecule has 2 amide bonds. The summed E-state index contributed by atoms with van der Waals surface area (Å²) in [5.41, 5.74) is 1.93. The normalized spacial score (nSPS) is 17.8. The maximum absolute atomic E-state index is 12.8. The summed E-state index contributed by atoms with van der Waals surface area (Å²) < 4.78 is 5.65. The molecule has 0 heterocycles. The topological polar surface area (TPSA) is 125 Å². The first kappa shape index (κ1) is 23.8. The quantitative estimate of drug-likeness (QED) is 0.474. The second-order valence-electron chi connectivity index (χ2n) is 9.46. The van der Waals surface area contributed by atoms with Gasteiger partial charge >= 0.3 is 12.1 Å². The third-order valence-electron chi connectivity index (χ3n) is 6.97. The van der Waals surface area contributed by atoms with Crippen molar-refractivity contribution in [3.05, 3.63) is 59.7 Å². The van der Waals surface area contributed by atoms with Gasteiger partial charge in [-0.05, 0) is 42.0 Å². The average Bonchev–Trinajstić information content (AvgIpc) is 3.39. The lowest BCUT2D eigenvalue weighted by molar-refractivity contribution is -0.148. The monoisotopic (exact) mass is 466 g/mol. The Bertz CT molecular complexity index is 1050. The molecule has 0 aliphatic heterocycles. The lowest BCUT2D eigenvalue weighted by atomic mass is 9.92. The first-order chi connectivity index (χ1) is 16.3. The fourth-order valence-electron chi connectivity index (χ4n) is 5.07. The summed E-state index contributed by atoms with van der Waals surface area (Å²) in [5.74, 6) is -1.94. The zero-order valence-electron chi connectivity index (χ0n) is 19.2. The first-order valence-electron chi connectivity index (χ1n) is 11.6. The molecule has 0 radical (unpaired) electrons. The second kappa shape index (κ2) is 9.46. The van der Waals surface area contributed by atoms with Crippen molar-refractivity contribution < 1.29 is 29.3 Å². The molecule has 4 N–H and O–H groups in total. The van der Waals surface area contributed by atoms with Gasteiger partial charge in [0.2, 0.25) is 5.91 Å². The number of aliphatic hydroxyl groups excluding tert-OH is 1. The zero-order valence-corrected chi connectivity index (χ0v) is 19.2. The number of rotatable bonds is 8. The lowest BCUT2D eigenvalue weighted by Crippen LogP contribution is -2.57. The van der Waals surface area contributed by atoms with E-state index in [2.05, 4.69) is 22.8 Å². The number of alkyl carbamates (subject to hydrolysis) is 1.